The second-order valence-electron chi connectivity index (χ2n) is 6.86. The van der Waals surface area contributed by atoms with E-state index in [-0.39, 0.29) is 23.3 Å². The molecule has 1 aromatic carbocycles. The highest BCUT2D eigenvalue weighted by molar-refractivity contribution is 7.15. The third kappa shape index (κ3) is 5.72. The molecule has 1 aromatic heterocycles. The number of nitrogens with zero attached hydrogens (tertiary/aromatic N) is 2. The van der Waals surface area contributed by atoms with E-state index < -0.39 is 11.7 Å². The van der Waals surface area contributed by atoms with Crippen LogP contribution < -0.4 is 5.32 Å². The normalized spacial score (nSPS) is 15.8. The molecule has 0 bridgehead atoms. The first-order chi connectivity index (χ1) is 13.8. The van der Waals surface area contributed by atoms with Crippen molar-refractivity contribution in [2.24, 2.45) is 5.92 Å². The second-order valence-corrected chi connectivity index (χ2v) is 8.38. The molecule has 0 saturated carbocycles. The van der Waals surface area contributed by atoms with E-state index in [1.165, 1.54) is 17.4 Å². The number of hydrogen-bond donors (Lipinski definition) is 1. The first-order valence-corrected chi connectivity index (χ1v) is 10.2. The first-order valence-electron chi connectivity index (χ1n) is 9.03. The number of benzene rings is 1. The number of likely N-dealkylation sites (tertiary alicyclic amines) is 1. The standard InChI is InChI=1S/C20H19ClF3N3OS/c1-2-7-27-8-5-13(6-9-27)18(28)26-19-25-12-16(29-19)11-14-10-15(20(22,23)24)3-4-17(14)21/h1,3-4,10,12-13H,5-9,11H2,(H,25,26,28). The Morgan fingerprint density at radius 1 is 1.38 bits per heavy atom. The summed E-state index contributed by atoms with van der Waals surface area (Å²) in [6.07, 6.45) is 4.09. The van der Waals surface area contributed by atoms with E-state index in [4.69, 9.17) is 18.0 Å². The van der Waals surface area contributed by atoms with Crippen molar-refractivity contribution in [3.63, 3.8) is 0 Å². The minimum Gasteiger partial charge on any atom is -0.302 e. The summed E-state index contributed by atoms with van der Waals surface area (Å²) in [4.78, 5) is 19.5. The number of hydrogen-bond acceptors (Lipinski definition) is 4. The third-order valence-corrected chi connectivity index (χ3v) is 6.08. The van der Waals surface area contributed by atoms with E-state index in [0.29, 0.717) is 22.1 Å². The van der Waals surface area contributed by atoms with Crippen LogP contribution in [0.3, 0.4) is 0 Å². The summed E-state index contributed by atoms with van der Waals surface area (Å²) in [5.74, 6) is 2.41. The van der Waals surface area contributed by atoms with Gasteiger partial charge in [-0.1, -0.05) is 17.5 Å². The van der Waals surface area contributed by atoms with Crippen molar-refractivity contribution in [1.82, 2.24) is 9.88 Å². The van der Waals surface area contributed by atoms with Gasteiger partial charge in [0.05, 0.1) is 12.1 Å². The zero-order valence-corrected chi connectivity index (χ0v) is 17.0. The maximum atomic E-state index is 12.9. The number of aromatic nitrogens is 1. The molecule has 0 spiro atoms. The van der Waals surface area contributed by atoms with Gasteiger partial charge in [0, 0.05) is 28.4 Å². The molecule has 4 nitrogen and oxygen atoms in total. The Morgan fingerprint density at radius 2 is 2.10 bits per heavy atom. The molecule has 9 heteroatoms. The highest BCUT2D eigenvalue weighted by Crippen LogP contribution is 2.33. The van der Waals surface area contributed by atoms with Gasteiger partial charge in [0.25, 0.3) is 0 Å². The maximum Gasteiger partial charge on any atom is 0.416 e. The Balaban J connectivity index is 1.60. The van der Waals surface area contributed by atoms with Gasteiger partial charge in [-0.3, -0.25) is 9.69 Å². The van der Waals surface area contributed by atoms with E-state index >= 15 is 0 Å². The van der Waals surface area contributed by atoms with Crippen LogP contribution >= 0.6 is 22.9 Å². The lowest BCUT2D eigenvalue weighted by Crippen LogP contribution is -2.38. The van der Waals surface area contributed by atoms with Crippen molar-refractivity contribution < 1.29 is 18.0 Å². The summed E-state index contributed by atoms with van der Waals surface area (Å²) in [5.41, 5.74) is -0.380. The number of piperidine rings is 1. The van der Waals surface area contributed by atoms with Gasteiger partial charge in [-0.05, 0) is 49.7 Å². The molecule has 3 rings (SSSR count). The number of terminal acetylenes is 1. The fraction of sp³-hybridized carbons (Fsp3) is 0.400. The predicted molar refractivity (Wildman–Crippen MR) is 108 cm³/mol. The molecule has 1 aliphatic rings. The number of nitrogens with one attached hydrogen (secondary N) is 1. The molecule has 0 unspecified atom stereocenters. The van der Waals surface area contributed by atoms with Crippen LogP contribution in [0.25, 0.3) is 0 Å². The zero-order chi connectivity index (χ0) is 21.0. The predicted octanol–water partition coefficient (Wildman–Crippen LogP) is 4.69. The van der Waals surface area contributed by atoms with Crippen LogP contribution in [0, 0.1) is 18.3 Å². The molecule has 154 valence electrons. The summed E-state index contributed by atoms with van der Waals surface area (Å²) >= 11 is 7.28. The Labute approximate surface area is 176 Å². The van der Waals surface area contributed by atoms with E-state index in [9.17, 15) is 18.0 Å². The van der Waals surface area contributed by atoms with E-state index in [1.807, 2.05) is 0 Å². The largest absolute Gasteiger partial charge is 0.416 e. The summed E-state index contributed by atoms with van der Waals surface area (Å²) in [6, 6.07) is 3.25. The lowest BCUT2D eigenvalue weighted by Gasteiger charge is -2.29. The average Bonchev–Trinajstić information content (AvgIpc) is 3.10. The molecule has 2 aromatic rings. The number of rotatable bonds is 5. The smallest absolute Gasteiger partial charge is 0.302 e. The van der Waals surface area contributed by atoms with Crippen molar-refractivity contribution >= 4 is 34.0 Å². The molecule has 2 heterocycles. The first kappa shape index (κ1) is 21.6. The molecular formula is C20H19ClF3N3OS. The van der Waals surface area contributed by atoms with Crippen LogP contribution in [0.15, 0.2) is 24.4 Å². The van der Waals surface area contributed by atoms with Crippen molar-refractivity contribution in [3.8, 4) is 12.3 Å². The molecule has 0 radical (unpaired) electrons. The van der Waals surface area contributed by atoms with Crippen molar-refractivity contribution in [2.75, 3.05) is 25.0 Å². The van der Waals surface area contributed by atoms with Gasteiger partial charge >= 0.3 is 6.18 Å². The number of carbonyl (C=O) groups is 1. The summed E-state index contributed by atoms with van der Waals surface area (Å²) in [7, 11) is 0. The van der Waals surface area contributed by atoms with Gasteiger partial charge in [-0.25, -0.2) is 4.98 Å². The fourth-order valence-corrected chi connectivity index (χ4v) is 4.23. The Kier molecular flexibility index (Phi) is 6.83. The Morgan fingerprint density at radius 3 is 2.76 bits per heavy atom. The van der Waals surface area contributed by atoms with Crippen LogP contribution in [0.5, 0.6) is 0 Å². The summed E-state index contributed by atoms with van der Waals surface area (Å²) < 4.78 is 38.8. The monoisotopic (exact) mass is 441 g/mol. The van der Waals surface area contributed by atoms with Crippen molar-refractivity contribution in [2.45, 2.75) is 25.4 Å². The summed E-state index contributed by atoms with van der Waals surface area (Å²) in [6.45, 7) is 2.14. The third-order valence-electron chi connectivity index (χ3n) is 4.79. The van der Waals surface area contributed by atoms with Crippen LogP contribution in [0.4, 0.5) is 18.3 Å². The molecule has 29 heavy (non-hydrogen) atoms. The number of amides is 1. The Hall–Kier alpha value is -2.08. The average molecular weight is 442 g/mol. The van der Waals surface area contributed by atoms with Crippen molar-refractivity contribution in [1.29, 1.82) is 0 Å². The van der Waals surface area contributed by atoms with Crippen LogP contribution in [0.2, 0.25) is 5.02 Å². The fourth-order valence-electron chi connectivity index (χ4n) is 3.21. The Bertz CT molecular complexity index is 914. The zero-order valence-electron chi connectivity index (χ0n) is 15.4. The van der Waals surface area contributed by atoms with Gasteiger partial charge < -0.3 is 5.32 Å². The SMILES string of the molecule is C#CCN1CCC(C(=O)Nc2ncc(Cc3cc(C(F)(F)F)ccc3Cl)s2)CC1. The van der Waals surface area contributed by atoms with Gasteiger partial charge in [0.2, 0.25) is 5.91 Å². The highest BCUT2D eigenvalue weighted by atomic mass is 35.5. The molecule has 1 saturated heterocycles. The van der Waals surface area contributed by atoms with Crippen molar-refractivity contribution in [3.05, 3.63) is 45.4 Å². The summed E-state index contributed by atoms with van der Waals surface area (Å²) in [5, 5.41) is 3.50. The number of anilines is 1. The van der Waals surface area contributed by atoms with Crippen LogP contribution in [-0.2, 0) is 17.4 Å². The van der Waals surface area contributed by atoms with E-state index in [1.54, 1.807) is 6.20 Å². The number of alkyl halides is 3. The molecule has 1 fully saturated rings. The van der Waals surface area contributed by atoms with E-state index in [2.05, 4.69) is 21.1 Å². The topological polar surface area (TPSA) is 45.2 Å². The van der Waals surface area contributed by atoms with Crippen LogP contribution in [-0.4, -0.2) is 35.4 Å². The highest BCUT2D eigenvalue weighted by Gasteiger charge is 2.31. The molecule has 1 amide bonds. The quantitative estimate of drug-likeness (QED) is 0.685. The number of carbonyl (C=O) groups excluding carboxylic acids is 1. The number of halogens is 4. The number of thiazole rings is 1. The molecule has 0 atom stereocenters. The van der Waals surface area contributed by atoms with Crippen LogP contribution in [0.1, 0.15) is 28.8 Å². The second kappa shape index (κ2) is 9.16. The van der Waals surface area contributed by atoms with Gasteiger partial charge in [0.1, 0.15) is 0 Å². The van der Waals surface area contributed by atoms with Gasteiger partial charge in [-0.2, -0.15) is 13.2 Å². The van der Waals surface area contributed by atoms with E-state index in [0.717, 1.165) is 38.1 Å². The van der Waals surface area contributed by atoms with Gasteiger partial charge in [-0.15, -0.1) is 17.8 Å². The maximum absolute atomic E-state index is 12.9. The lowest BCUT2D eigenvalue weighted by molar-refractivity contribution is -0.137. The minimum absolute atomic E-state index is 0.0941. The lowest BCUT2D eigenvalue weighted by atomic mass is 9.96. The molecular weight excluding hydrogens is 423 g/mol. The van der Waals surface area contributed by atoms with Gasteiger partial charge in [0.15, 0.2) is 5.13 Å². The molecule has 0 aliphatic carbocycles. The molecule has 1 N–H and O–H groups in total. The molecule has 1 aliphatic heterocycles. The minimum atomic E-state index is -4.43.